The maximum absolute atomic E-state index is 14.2. The van der Waals surface area contributed by atoms with Gasteiger partial charge in [0.2, 0.25) is 0 Å². The van der Waals surface area contributed by atoms with Gasteiger partial charge in [-0.2, -0.15) is 0 Å². The van der Waals surface area contributed by atoms with Crippen molar-refractivity contribution in [1.82, 2.24) is 19.8 Å². The molecule has 3 aromatic rings. The van der Waals surface area contributed by atoms with Gasteiger partial charge in [-0.05, 0) is 31.4 Å². The zero-order chi connectivity index (χ0) is 27.2. The number of amides is 1. The Balaban J connectivity index is 1.43. The molecule has 8 nitrogen and oxygen atoms in total. The smallest absolute Gasteiger partial charge is 0.275 e. The van der Waals surface area contributed by atoms with Gasteiger partial charge in [-0.1, -0.05) is 61.4 Å². The van der Waals surface area contributed by atoms with Crippen molar-refractivity contribution < 1.29 is 19.4 Å². The molecular weight excluding hydrogens is 492 g/mol. The molecule has 3 atom stereocenters. The first-order chi connectivity index (χ1) is 19.0. The Labute approximate surface area is 231 Å². The van der Waals surface area contributed by atoms with Gasteiger partial charge in [0.05, 0.1) is 31.3 Å². The number of rotatable bonds is 9. The SMILES string of the molecule is COC[C@]1(O)CCCC[C@H]1n1cnc(C(=O)N2CCNC[C@H]2CCOc2ccccc2C)c1-c1ccccc1. The molecule has 1 aliphatic carbocycles. The molecule has 2 aliphatic rings. The minimum atomic E-state index is -1.01. The molecule has 1 aliphatic heterocycles. The third-order valence-corrected chi connectivity index (χ3v) is 8.14. The Morgan fingerprint density at radius 1 is 1.15 bits per heavy atom. The lowest BCUT2D eigenvalue weighted by atomic mass is 9.80. The number of nitrogens with one attached hydrogen (secondary N) is 1. The summed E-state index contributed by atoms with van der Waals surface area (Å²) in [5.74, 6) is 0.793. The van der Waals surface area contributed by atoms with E-state index in [1.54, 1.807) is 13.4 Å². The molecule has 1 saturated carbocycles. The van der Waals surface area contributed by atoms with Gasteiger partial charge in [-0.3, -0.25) is 4.79 Å². The molecule has 0 spiro atoms. The number of nitrogens with zero attached hydrogens (tertiary/aromatic N) is 3. The molecule has 1 saturated heterocycles. The molecule has 1 amide bonds. The van der Waals surface area contributed by atoms with E-state index in [0.717, 1.165) is 48.4 Å². The van der Waals surface area contributed by atoms with Crippen LogP contribution in [0.25, 0.3) is 11.3 Å². The number of aliphatic hydroxyl groups is 1. The number of para-hydroxylation sites is 1. The molecular formula is C31H40N4O4. The summed E-state index contributed by atoms with van der Waals surface area (Å²) in [7, 11) is 1.62. The number of hydrogen-bond donors (Lipinski definition) is 2. The van der Waals surface area contributed by atoms with Crippen LogP contribution in [-0.4, -0.2) is 77.1 Å². The second-order valence-corrected chi connectivity index (χ2v) is 10.8. The van der Waals surface area contributed by atoms with Crippen molar-refractivity contribution in [3.63, 3.8) is 0 Å². The van der Waals surface area contributed by atoms with Crippen LogP contribution in [0, 0.1) is 6.92 Å². The number of ether oxygens (including phenoxy) is 2. The summed E-state index contributed by atoms with van der Waals surface area (Å²) in [5, 5.41) is 15.1. The lowest BCUT2D eigenvalue weighted by Gasteiger charge is -2.41. The molecule has 39 heavy (non-hydrogen) atoms. The van der Waals surface area contributed by atoms with Crippen molar-refractivity contribution >= 4 is 5.91 Å². The molecule has 0 unspecified atom stereocenters. The van der Waals surface area contributed by atoms with Gasteiger partial charge in [0.1, 0.15) is 11.4 Å². The van der Waals surface area contributed by atoms with Crippen molar-refractivity contribution in [2.24, 2.45) is 0 Å². The van der Waals surface area contributed by atoms with E-state index in [1.807, 2.05) is 71.0 Å². The Bertz CT molecular complexity index is 1240. The summed E-state index contributed by atoms with van der Waals surface area (Å²) in [5.41, 5.74) is 2.19. The summed E-state index contributed by atoms with van der Waals surface area (Å²) in [6, 6.07) is 17.7. The number of benzene rings is 2. The van der Waals surface area contributed by atoms with E-state index in [2.05, 4.69) is 5.32 Å². The van der Waals surface area contributed by atoms with Crippen LogP contribution in [0.4, 0.5) is 0 Å². The Hall–Kier alpha value is -3.20. The molecule has 2 heterocycles. The Morgan fingerprint density at radius 3 is 2.74 bits per heavy atom. The number of methoxy groups -OCH3 is 1. The monoisotopic (exact) mass is 532 g/mol. The minimum absolute atomic E-state index is 0.0100. The lowest BCUT2D eigenvalue weighted by molar-refractivity contribution is -0.0893. The Kier molecular flexibility index (Phi) is 8.65. The van der Waals surface area contributed by atoms with E-state index >= 15 is 0 Å². The zero-order valence-corrected chi connectivity index (χ0v) is 23.0. The molecule has 2 fully saturated rings. The molecule has 8 heteroatoms. The average molecular weight is 533 g/mol. The predicted molar refractivity (Wildman–Crippen MR) is 151 cm³/mol. The predicted octanol–water partition coefficient (Wildman–Crippen LogP) is 4.23. The number of carbonyl (C=O) groups excluding carboxylic acids is 1. The van der Waals surface area contributed by atoms with Crippen LogP contribution in [0.2, 0.25) is 0 Å². The first kappa shape index (κ1) is 27.4. The van der Waals surface area contributed by atoms with Crippen LogP contribution in [0.1, 0.15) is 54.2 Å². The Morgan fingerprint density at radius 2 is 1.95 bits per heavy atom. The van der Waals surface area contributed by atoms with Gasteiger partial charge in [-0.15, -0.1) is 0 Å². The zero-order valence-electron chi connectivity index (χ0n) is 23.0. The first-order valence-electron chi connectivity index (χ1n) is 14.1. The largest absolute Gasteiger partial charge is 0.493 e. The quantitative estimate of drug-likeness (QED) is 0.429. The molecule has 0 radical (unpaired) electrons. The third kappa shape index (κ3) is 5.88. The van der Waals surface area contributed by atoms with E-state index in [1.165, 1.54) is 0 Å². The van der Waals surface area contributed by atoms with E-state index in [-0.39, 0.29) is 24.6 Å². The maximum Gasteiger partial charge on any atom is 0.275 e. The molecule has 0 bridgehead atoms. The fourth-order valence-corrected chi connectivity index (χ4v) is 6.10. The first-order valence-corrected chi connectivity index (χ1v) is 14.1. The standard InChI is InChI=1S/C31H40N4O4/c1-23-10-6-7-13-26(23)39-19-15-25-20-32-17-18-34(25)30(36)28-29(24-11-4-3-5-12-24)35(22-33-28)27-14-8-9-16-31(27,37)21-38-2/h3-7,10-13,22,25,27,32,37H,8-9,14-21H2,1-2H3/t25-,27-,31-/m1/s1. The third-order valence-electron chi connectivity index (χ3n) is 8.14. The minimum Gasteiger partial charge on any atom is -0.493 e. The van der Waals surface area contributed by atoms with Crippen molar-refractivity contribution in [1.29, 1.82) is 0 Å². The van der Waals surface area contributed by atoms with Gasteiger partial charge in [0.15, 0.2) is 5.69 Å². The summed E-state index contributed by atoms with van der Waals surface area (Å²) in [6.07, 6.45) is 5.87. The van der Waals surface area contributed by atoms with E-state index < -0.39 is 5.60 Å². The average Bonchev–Trinajstić information content (AvgIpc) is 3.39. The summed E-state index contributed by atoms with van der Waals surface area (Å²) in [4.78, 5) is 20.8. The number of hydrogen-bond acceptors (Lipinski definition) is 6. The van der Waals surface area contributed by atoms with Gasteiger partial charge in [0.25, 0.3) is 5.91 Å². The van der Waals surface area contributed by atoms with E-state index in [4.69, 9.17) is 14.5 Å². The van der Waals surface area contributed by atoms with Crippen LogP contribution < -0.4 is 10.1 Å². The summed E-state index contributed by atoms with van der Waals surface area (Å²) in [6.45, 7) is 4.85. The number of carbonyl (C=O) groups is 1. The fourth-order valence-electron chi connectivity index (χ4n) is 6.10. The topological polar surface area (TPSA) is 88.8 Å². The van der Waals surface area contributed by atoms with Crippen molar-refractivity contribution in [2.45, 2.75) is 56.7 Å². The van der Waals surface area contributed by atoms with Crippen molar-refractivity contribution in [3.8, 4) is 17.0 Å². The molecule has 2 aromatic carbocycles. The highest BCUT2D eigenvalue weighted by Crippen LogP contribution is 2.41. The van der Waals surface area contributed by atoms with Crippen LogP contribution in [0.3, 0.4) is 0 Å². The van der Waals surface area contributed by atoms with Gasteiger partial charge < -0.3 is 29.4 Å². The maximum atomic E-state index is 14.2. The number of imidazole rings is 1. The van der Waals surface area contributed by atoms with E-state index in [9.17, 15) is 9.90 Å². The van der Waals surface area contributed by atoms with Crippen LogP contribution in [-0.2, 0) is 4.74 Å². The number of aromatic nitrogens is 2. The second kappa shape index (κ2) is 12.3. The number of aryl methyl sites for hydroxylation is 1. The molecule has 5 rings (SSSR count). The summed E-state index contributed by atoms with van der Waals surface area (Å²) < 4.78 is 13.5. The molecule has 2 N–H and O–H groups in total. The fraction of sp³-hybridized carbons (Fsp3) is 0.484. The van der Waals surface area contributed by atoms with Crippen molar-refractivity contribution in [3.05, 3.63) is 72.2 Å². The van der Waals surface area contributed by atoms with Crippen LogP contribution >= 0.6 is 0 Å². The summed E-state index contributed by atoms with van der Waals surface area (Å²) >= 11 is 0. The highest BCUT2D eigenvalue weighted by molar-refractivity contribution is 5.98. The molecule has 208 valence electrons. The highest BCUT2D eigenvalue weighted by atomic mass is 16.5. The second-order valence-electron chi connectivity index (χ2n) is 10.8. The lowest BCUT2D eigenvalue weighted by Crippen LogP contribution is -2.54. The van der Waals surface area contributed by atoms with Gasteiger partial charge in [0, 0.05) is 44.8 Å². The van der Waals surface area contributed by atoms with Gasteiger partial charge >= 0.3 is 0 Å². The van der Waals surface area contributed by atoms with E-state index in [0.29, 0.717) is 38.2 Å². The van der Waals surface area contributed by atoms with Crippen LogP contribution in [0.5, 0.6) is 5.75 Å². The highest BCUT2D eigenvalue weighted by Gasteiger charge is 2.42. The van der Waals surface area contributed by atoms with Crippen LogP contribution in [0.15, 0.2) is 60.9 Å². The number of piperazine rings is 1. The van der Waals surface area contributed by atoms with Gasteiger partial charge in [-0.25, -0.2) is 4.98 Å². The molecule has 1 aromatic heterocycles. The van der Waals surface area contributed by atoms with Crippen molar-refractivity contribution in [2.75, 3.05) is 40.0 Å². The normalized spacial score (nSPS) is 23.5.